The van der Waals surface area contributed by atoms with Gasteiger partial charge in [0.1, 0.15) is 5.82 Å². The Bertz CT molecular complexity index is 349. The summed E-state index contributed by atoms with van der Waals surface area (Å²) in [4.78, 5) is 0. The van der Waals surface area contributed by atoms with Crippen molar-refractivity contribution in [3.63, 3.8) is 0 Å². The topological polar surface area (TPSA) is 61.9 Å². The SMILES string of the molecule is Cc1cc(F)ccc1C(C)NC(=N)N. The summed E-state index contributed by atoms with van der Waals surface area (Å²) in [5.41, 5.74) is 7.01. The van der Waals surface area contributed by atoms with Crippen LogP contribution in [0.4, 0.5) is 4.39 Å². The van der Waals surface area contributed by atoms with E-state index in [-0.39, 0.29) is 17.8 Å². The van der Waals surface area contributed by atoms with Gasteiger partial charge in [-0.3, -0.25) is 5.41 Å². The van der Waals surface area contributed by atoms with Crippen molar-refractivity contribution in [2.45, 2.75) is 19.9 Å². The van der Waals surface area contributed by atoms with Gasteiger partial charge in [-0.1, -0.05) is 6.07 Å². The monoisotopic (exact) mass is 195 g/mol. The number of nitrogens with two attached hydrogens (primary N) is 1. The van der Waals surface area contributed by atoms with Gasteiger partial charge in [0, 0.05) is 0 Å². The number of rotatable bonds is 2. The van der Waals surface area contributed by atoms with Crippen molar-refractivity contribution >= 4 is 5.96 Å². The third kappa shape index (κ3) is 2.45. The van der Waals surface area contributed by atoms with Crippen molar-refractivity contribution in [1.29, 1.82) is 5.41 Å². The first-order chi connectivity index (χ1) is 6.50. The third-order valence-electron chi connectivity index (χ3n) is 2.07. The van der Waals surface area contributed by atoms with E-state index in [2.05, 4.69) is 5.32 Å². The summed E-state index contributed by atoms with van der Waals surface area (Å²) in [5, 5.41) is 9.84. The van der Waals surface area contributed by atoms with Crippen LogP contribution in [0.5, 0.6) is 0 Å². The van der Waals surface area contributed by atoms with Gasteiger partial charge in [-0.15, -0.1) is 0 Å². The minimum atomic E-state index is -0.249. The molecule has 0 bridgehead atoms. The lowest BCUT2D eigenvalue weighted by Crippen LogP contribution is -2.32. The molecule has 1 aromatic rings. The Morgan fingerprint density at radius 3 is 2.71 bits per heavy atom. The van der Waals surface area contributed by atoms with Gasteiger partial charge in [0.05, 0.1) is 6.04 Å². The number of aryl methyl sites for hydroxylation is 1. The predicted molar refractivity (Wildman–Crippen MR) is 54.6 cm³/mol. The van der Waals surface area contributed by atoms with Crippen molar-refractivity contribution in [3.05, 3.63) is 35.1 Å². The lowest BCUT2D eigenvalue weighted by atomic mass is 10.0. The van der Waals surface area contributed by atoms with Crippen LogP contribution >= 0.6 is 0 Å². The largest absolute Gasteiger partial charge is 0.370 e. The number of benzene rings is 1. The zero-order valence-electron chi connectivity index (χ0n) is 8.26. The summed E-state index contributed by atoms with van der Waals surface area (Å²) in [6, 6.07) is 4.49. The molecule has 1 aromatic carbocycles. The van der Waals surface area contributed by atoms with Crippen LogP contribution in [-0.2, 0) is 0 Å². The summed E-state index contributed by atoms with van der Waals surface area (Å²) in [7, 11) is 0. The van der Waals surface area contributed by atoms with Gasteiger partial charge in [-0.25, -0.2) is 4.39 Å². The first kappa shape index (κ1) is 10.5. The highest BCUT2D eigenvalue weighted by atomic mass is 19.1. The Morgan fingerprint density at radius 1 is 1.57 bits per heavy atom. The van der Waals surface area contributed by atoms with Crippen LogP contribution in [0.2, 0.25) is 0 Å². The van der Waals surface area contributed by atoms with Crippen molar-refractivity contribution in [3.8, 4) is 0 Å². The quantitative estimate of drug-likeness (QED) is 0.496. The van der Waals surface area contributed by atoms with Gasteiger partial charge in [-0.05, 0) is 37.1 Å². The molecule has 0 heterocycles. The molecule has 0 fully saturated rings. The molecule has 0 aliphatic rings. The number of guanidine groups is 1. The van der Waals surface area contributed by atoms with Gasteiger partial charge in [0.2, 0.25) is 0 Å². The van der Waals surface area contributed by atoms with Crippen molar-refractivity contribution < 1.29 is 4.39 Å². The summed E-state index contributed by atoms with van der Waals surface area (Å²) in [5.74, 6) is -0.331. The molecule has 4 N–H and O–H groups in total. The van der Waals surface area contributed by atoms with Gasteiger partial charge >= 0.3 is 0 Å². The van der Waals surface area contributed by atoms with E-state index in [4.69, 9.17) is 11.1 Å². The molecule has 1 unspecified atom stereocenters. The van der Waals surface area contributed by atoms with Gasteiger partial charge in [0.15, 0.2) is 5.96 Å². The zero-order chi connectivity index (χ0) is 10.7. The van der Waals surface area contributed by atoms with Crippen LogP contribution in [0.3, 0.4) is 0 Å². The fourth-order valence-electron chi connectivity index (χ4n) is 1.44. The molecule has 1 rings (SSSR count). The normalized spacial score (nSPS) is 12.2. The maximum Gasteiger partial charge on any atom is 0.186 e. The number of hydrogen-bond donors (Lipinski definition) is 3. The second-order valence-electron chi connectivity index (χ2n) is 3.28. The standard InChI is InChI=1S/C10H14FN3/c1-6-5-8(11)3-4-9(6)7(2)14-10(12)13/h3-5,7H,1-2H3,(H4,12,13,14). The molecule has 0 aliphatic heterocycles. The van der Waals surface area contributed by atoms with Gasteiger partial charge in [0.25, 0.3) is 0 Å². The van der Waals surface area contributed by atoms with Crippen LogP contribution in [-0.4, -0.2) is 5.96 Å². The summed E-state index contributed by atoms with van der Waals surface area (Å²) >= 11 is 0. The highest BCUT2D eigenvalue weighted by Gasteiger charge is 2.08. The third-order valence-corrected chi connectivity index (χ3v) is 2.07. The highest BCUT2D eigenvalue weighted by Crippen LogP contribution is 2.17. The Morgan fingerprint density at radius 2 is 2.21 bits per heavy atom. The number of nitrogens with one attached hydrogen (secondary N) is 2. The fraction of sp³-hybridized carbons (Fsp3) is 0.300. The molecule has 0 aliphatic carbocycles. The fourth-order valence-corrected chi connectivity index (χ4v) is 1.44. The molecule has 4 heteroatoms. The van der Waals surface area contributed by atoms with Gasteiger partial charge in [-0.2, -0.15) is 0 Å². The lowest BCUT2D eigenvalue weighted by Gasteiger charge is -2.16. The van der Waals surface area contributed by atoms with E-state index in [0.29, 0.717) is 0 Å². The molecule has 3 nitrogen and oxygen atoms in total. The van der Waals surface area contributed by atoms with Crippen LogP contribution in [0.25, 0.3) is 0 Å². The second kappa shape index (κ2) is 4.09. The Balaban J connectivity index is 2.90. The minimum Gasteiger partial charge on any atom is -0.370 e. The predicted octanol–water partition coefficient (Wildman–Crippen LogP) is 1.68. The maximum absolute atomic E-state index is 12.8. The van der Waals surface area contributed by atoms with Crippen LogP contribution in [0.1, 0.15) is 24.1 Å². The van der Waals surface area contributed by atoms with Crippen molar-refractivity contribution in [2.24, 2.45) is 5.73 Å². The van der Waals surface area contributed by atoms with E-state index in [1.807, 2.05) is 13.8 Å². The van der Waals surface area contributed by atoms with E-state index in [9.17, 15) is 4.39 Å². The smallest absolute Gasteiger partial charge is 0.186 e. The average Bonchev–Trinajstić information content (AvgIpc) is 2.01. The first-order valence-corrected chi connectivity index (χ1v) is 4.37. The first-order valence-electron chi connectivity index (χ1n) is 4.37. The second-order valence-corrected chi connectivity index (χ2v) is 3.28. The molecule has 0 spiro atoms. The Hall–Kier alpha value is -1.58. The molecule has 0 saturated heterocycles. The number of halogens is 1. The molecular formula is C10H14FN3. The van der Waals surface area contributed by atoms with E-state index in [0.717, 1.165) is 11.1 Å². The molecule has 76 valence electrons. The molecule has 1 atom stereocenters. The molecular weight excluding hydrogens is 181 g/mol. The van der Waals surface area contributed by atoms with Crippen LogP contribution in [0, 0.1) is 18.2 Å². The highest BCUT2D eigenvalue weighted by molar-refractivity contribution is 5.74. The zero-order valence-corrected chi connectivity index (χ0v) is 8.26. The molecule has 0 saturated carbocycles. The number of hydrogen-bond acceptors (Lipinski definition) is 1. The van der Waals surface area contributed by atoms with Crippen LogP contribution in [0.15, 0.2) is 18.2 Å². The summed E-state index contributed by atoms with van der Waals surface area (Å²) < 4.78 is 12.8. The Kier molecular flexibility index (Phi) is 3.06. The van der Waals surface area contributed by atoms with E-state index in [1.165, 1.54) is 12.1 Å². The molecule has 0 radical (unpaired) electrons. The van der Waals surface area contributed by atoms with Crippen molar-refractivity contribution in [1.82, 2.24) is 5.32 Å². The average molecular weight is 195 g/mol. The van der Waals surface area contributed by atoms with E-state index in [1.54, 1.807) is 6.07 Å². The van der Waals surface area contributed by atoms with E-state index >= 15 is 0 Å². The minimum absolute atomic E-state index is 0.0758. The van der Waals surface area contributed by atoms with Crippen LogP contribution < -0.4 is 11.1 Å². The molecule has 0 aromatic heterocycles. The van der Waals surface area contributed by atoms with Gasteiger partial charge < -0.3 is 11.1 Å². The summed E-state index contributed by atoms with van der Waals surface area (Å²) in [6.45, 7) is 3.71. The lowest BCUT2D eigenvalue weighted by molar-refractivity contribution is 0.622. The molecule has 0 amide bonds. The van der Waals surface area contributed by atoms with Crippen molar-refractivity contribution in [2.75, 3.05) is 0 Å². The Labute approximate surface area is 82.6 Å². The summed E-state index contributed by atoms with van der Waals surface area (Å²) in [6.07, 6.45) is 0. The maximum atomic E-state index is 12.8. The van der Waals surface area contributed by atoms with E-state index < -0.39 is 0 Å². The molecule has 14 heavy (non-hydrogen) atoms.